The summed E-state index contributed by atoms with van der Waals surface area (Å²) in [6.45, 7) is 6.22. The van der Waals surface area contributed by atoms with E-state index in [0.717, 1.165) is 18.0 Å². The first-order valence-electron chi connectivity index (χ1n) is 7.67. The van der Waals surface area contributed by atoms with Gasteiger partial charge in [0.25, 0.3) is 8.32 Å². The zero-order valence-electron chi connectivity index (χ0n) is 12.6. The standard InChI is InChI=1S/C19H22OSi/c1-16(2)19-14-9-15-21(20-19,17-10-5-3-6-11-17)18-12-7-4-8-13-18/h3-8,10-13,19H,1,9,14-15H2,2H3. The Hall–Kier alpha value is -1.64. The Balaban J connectivity index is 2.09. The van der Waals surface area contributed by atoms with Crippen LogP contribution in [0.5, 0.6) is 0 Å². The van der Waals surface area contributed by atoms with Crippen LogP contribution in [-0.2, 0) is 4.43 Å². The van der Waals surface area contributed by atoms with E-state index in [1.165, 1.54) is 16.8 Å². The molecule has 0 saturated carbocycles. The molecule has 2 heteroatoms. The fourth-order valence-corrected chi connectivity index (χ4v) is 7.52. The molecule has 108 valence electrons. The summed E-state index contributed by atoms with van der Waals surface area (Å²) in [5.41, 5.74) is 1.15. The Bertz CT molecular complexity index is 566. The summed E-state index contributed by atoms with van der Waals surface area (Å²) in [6, 6.07) is 22.8. The normalized spacial score (nSPS) is 20.9. The molecule has 0 bridgehead atoms. The lowest BCUT2D eigenvalue weighted by Gasteiger charge is -2.40. The topological polar surface area (TPSA) is 9.23 Å². The molecule has 0 radical (unpaired) electrons. The van der Waals surface area contributed by atoms with Crippen LogP contribution >= 0.6 is 0 Å². The highest BCUT2D eigenvalue weighted by atomic mass is 28.4. The van der Waals surface area contributed by atoms with Crippen LogP contribution in [0.15, 0.2) is 72.8 Å². The summed E-state index contributed by atoms with van der Waals surface area (Å²) < 4.78 is 6.75. The van der Waals surface area contributed by atoms with Gasteiger partial charge in [0, 0.05) is 0 Å². The highest BCUT2D eigenvalue weighted by molar-refractivity contribution is 6.97. The Kier molecular flexibility index (Phi) is 4.09. The average Bonchev–Trinajstić information content (AvgIpc) is 2.56. The van der Waals surface area contributed by atoms with Gasteiger partial charge in [0.05, 0.1) is 6.10 Å². The zero-order valence-corrected chi connectivity index (χ0v) is 13.6. The van der Waals surface area contributed by atoms with E-state index in [4.69, 9.17) is 4.43 Å². The second kappa shape index (κ2) is 6.00. The first-order valence-corrected chi connectivity index (χ1v) is 9.78. The molecular weight excluding hydrogens is 272 g/mol. The molecular formula is C19H22OSi. The molecule has 0 N–H and O–H groups in total. The molecule has 1 nitrogen and oxygen atoms in total. The van der Waals surface area contributed by atoms with Crippen LogP contribution in [0.25, 0.3) is 0 Å². The van der Waals surface area contributed by atoms with E-state index in [-0.39, 0.29) is 6.10 Å². The minimum atomic E-state index is -2.12. The molecule has 1 saturated heterocycles. The summed E-state index contributed by atoms with van der Waals surface area (Å²) in [6.07, 6.45) is 2.52. The third kappa shape index (κ3) is 2.74. The molecule has 1 atom stereocenters. The number of rotatable bonds is 3. The van der Waals surface area contributed by atoms with Crippen molar-refractivity contribution in [2.45, 2.75) is 31.9 Å². The average molecular weight is 294 g/mol. The van der Waals surface area contributed by atoms with Gasteiger partial charge in [-0.25, -0.2) is 0 Å². The smallest absolute Gasteiger partial charge is 0.256 e. The Morgan fingerprint density at radius 2 is 1.52 bits per heavy atom. The van der Waals surface area contributed by atoms with Crippen molar-refractivity contribution >= 4 is 18.7 Å². The van der Waals surface area contributed by atoms with Crippen LogP contribution in [0.2, 0.25) is 6.04 Å². The van der Waals surface area contributed by atoms with E-state index in [1.807, 2.05) is 0 Å². The molecule has 0 aromatic heterocycles. The quantitative estimate of drug-likeness (QED) is 0.622. The molecule has 1 fully saturated rings. The molecule has 0 spiro atoms. The maximum Gasteiger partial charge on any atom is 0.256 e. The van der Waals surface area contributed by atoms with E-state index in [9.17, 15) is 0 Å². The van der Waals surface area contributed by atoms with Crippen molar-refractivity contribution in [1.82, 2.24) is 0 Å². The SMILES string of the molecule is C=C(C)C1CCC[Si](c2ccccc2)(c2ccccc2)O1. The van der Waals surface area contributed by atoms with Crippen molar-refractivity contribution in [3.8, 4) is 0 Å². The second-order valence-corrected chi connectivity index (χ2v) is 9.45. The van der Waals surface area contributed by atoms with Crippen LogP contribution in [0, 0.1) is 0 Å². The van der Waals surface area contributed by atoms with Gasteiger partial charge in [-0.15, -0.1) is 0 Å². The molecule has 1 unspecified atom stereocenters. The molecule has 0 amide bonds. The monoisotopic (exact) mass is 294 g/mol. The van der Waals surface area contributed by atoms with Crippen LogP contribution in [0.1, 0.15) is 19.8 Å². The summed E-state index contributed by atoms with van der Waals surface area (Å²) in [7, 11) is -2.12. The minimum absolute atomic E-state index is 0.200. The van der Waals surface area contributed by atoms with Crippen LogP contribution in [-0.4, -0.2) is 14.4 Å². The maximum absolute atomic E-state index is 6.75. The van der Waals surface area contributed by atoms with Gasteiger partial charge in [-0.2, -0.15) is 0 Å². The lowest BCUT2D eigenvalue weighted by atomic mass is 10.1. The third-order valence-corrected chi connectivity index (χ3v) is 8.64. The number of benzene rings is 2. The summed E-state index contributed by atoms with van der Waals surface area (Å²) >= 11 is 0. The molecule has 21 heavy (non-hydrogen) atoms. The lowest BCUT2D eigenvalue weighted by Crippen LogP contribution is -2.63. The second-order valence-electron chi connectivity index (χ2n) is 5.90. The van der Waals surface area contributed by atoms with Crippen molar-refractivity contribution in [3.05, 3.63) is 72.8 Å². The Morgan fingerprint density at radius 3 is 2.00 bits per heavy atom. The Labute approximate surface area is 128 Å². The van der Waals surface area contributed by atoms with E-state index >= 15 is 0 Å². The maximum atomic E-state index is 6.75. The third-order valence-electron chi connectivity index (χ3n) is 4.37. The minimum Gasteiger partial charge on any atom is -0.401 e. The highest BCUT2D eigenvalue weighted by Gasteiger charge is 2.43. The van der Waals surface area contributed by atoms with Crippen molar-refractivity contribution in [1.29, 1.82) is 0 Å². The predicted octanol–water partition coefficient (Wildman–Crippen LogP) is 3.50. The van der Waals surface area contributed by atoms with E-state index in [0.29, 0.717) is 0 Å². The molecule has 1 aliphatic heterocycles. The van der Waals surface area contributed by atoms with Gasteiger partial charge in [-0.05, 0) is 29.8 Å². The first-order chi connectivity index (χ1) is 10.2. The van der Waals surface area contributed by atoms with Gasteiger partial charge in [0.1, 0.15) is 0 Å². The summed E-state index contributed by atoms with van der Waals surface area (Å²) in [5, 5.41) is 2.75. The van der Waals surface area contributed by atoms with E-state index in [2.05, 4.69) is 74.2 Å². The molecule has 1 aliphatic rings. The Morgan fingerprint density at radius 1 is 1.00 bits per heavy atom. The lowest BCUT2D eigenvalue weighted by molar-refractivity contribution is 0.201. The van der Waals surface area contributed by atoms with Crippen molar-refractivity contribution in [2.24, 2.45) is 0 Å². The molecule has 0 aliphatic carbocycles. The van der Waals surface area contributed by atoms with Gasteiger partial charge >= 0.3 is 0 Å². The van der Waals surface area contributed by atoms with Gasteiger partial charge < -0.3 is 4.43 Å². The van der Waals surface area contributed by atoms with Crippen LogP contribution < -0.4 is 10.4 Å². The number of hydrogen-bond donors (Lipinski definition) is 0. The molecule has 3 rings (SSSR count). The van der Waals surface area contributed by atoms with Gasteiger partial charge in [-0.3, -0.25) is 0 Å². The van der Waals surface area contributed by atoms with Crippen molar-refractivity contribution in [2.75, 3.05) is 0 Å². The van der Waals surface area contributed by atoms with Gasteiger partial charge in [0.15, 0.2) is 0 Å². The van der Waals surface area contributed by atoms with Crippen LogP contribution in [0.3, 0.4) is 0 Å². The van der Waals surface area contributed by atoms with Crippen molar-refractivity contribution in [3.63, 3.8) is 0 Å². The predicted molar refractivity (Wildman–Crippen MR) is 91.6 cm³/mol. The largest absolute Gasteiger partial charge is 0.401 e. The first kappa shape index (κ1) is 14.3. The fourth-order valence-electron chi connectivity index (χ4n) is 3.25. The summed E-state index contributed by atoms with van der Waals surface area (Å²) in [5.74, 6) is 0. The number of hydrogen-bond acceptors (Lipinski definition) is 1. The van der Waals surface area contributed by atoms with E-state index in [1.54, 1.807) is 0 Å². The molecule has 1 heterocycles. The molecule has 2 aromatic rings. The van der Waals surface area contributed by atoms with Crippen molar-refractivity contribution < 1.29 is 4.43 Å². The van der Waals surface area contributed by atoms with Gasteiger partial charge in [0.2, 0.25) is 0 Å². The van der Waals surface area contributed by atoms with Gasteiger partial charge in [-0.1, -0.05) is 79.2 Å². The van der Waals surface area contributed by atoms with Crippen LogP contribution in [0.4, 0.5) is 0 Å². The summed E-state index contributed by atoms with van der Waals surface area (Å²) in [4.78, 5) is 0. The van der Waals surface area contributed by atoms with E-state index < -0.39 is 8.32 Å². The molecule has 2 aromatic carbocycles. The fraction of sp³-hybridized carbons (Fsp3) is 0.263. The highest BCUT2D eigenvalue weighted by Crippen LogP contribution is 2.29. The zero-order chi connectivity index (χ0) is 14.7.